The minimum absolute atomic E-state index is 0.00470. The first kappa shape index (κ1) is 18.4. The minimum Gasteiger partial charge on any atom is -0.351 e. The van der Waals surface area contributed by atoms with Crippen LogP contribution in [0, 0.1) is 5.82 Å². The third-order valence-corrected chi connectivity index (χ3v) is 4.35. The Morgan fingerprint density at radius 1 is 1.15 bits per heavy atom. The van der Waals surface area contributed by atoms with Crippen LogP contribution in [0.1, 0.15) is 31.3 Å². The number of nitrogens with one attached hydrogen (secondary N) is 2. The SMILES string of the molecule is CC(C)(C)NC(=O)CN1CCN(C(=O)c2cc3cc(F)ccc3[nH]2)CC1. The molecule has 1 saturated heterocycles. The fraction of sp³-hybridized carbons (Fsp3) is 0.474. The van der Waals surface area contributed by atoms with E-state index in [1.54, 1.807) is 17.0 Å². The topological polar surface area (TPSA) is 68.4 Å². The summed E-state index contributed by atoms with van der Waals surface area (Å²) in [5, 5.41) is 3.63. The van der Waals surface area contributed by atoms with Gasteiger partial charge in [-0.2, -0.15) is 0 Å². The number of nitrogens with zero attached hydrogens (tertiary/aromatic N) is 2. The molecule has 2 heterocycles. The van der Waals surface area contributed by atoms with Gasteiger partial charge in [-0.25, -0.2) is 4.39 Å². The van der Waals surface area contributed by atoms with E-state index >= 15 is 0 Å². The summed E-state index contributed by atoms with van der Waals surface area (Å²) in [7, 11) is 0. The number of carbonyl (C=O) groups is 2. The molecule has 2 aromatic rings. The van der Waals surface area contributed by atoms with Crippen molar-refractivity contribution in [1.82, 2.24) is 20.1 Å². The van der Waals surface area contributed by atoms with Gasteiger partial charge >= 0.3 is 0 Å². The maximum Gasteiger partial charge on any atom is 0.270 e. The molecule has 6 nitrogen and oxygen atoms in total. The van der Waals surface area contributed by atoms with Crippen LogP contribution in [-0.4, -0.2) is 64.9 Å². The lowest BCUT2D eigenvalue weighted by Gasteiger charge is -2.34. The molecule has 26 heavy (non-hydrogen) atoms. The van der Waals surface area contributed by atoms with Crippen molar-refractivity contribution in [3.05, 3.63) is 35.8 Å². The largest absolute Gasteiger partial charge is 0.351 e. The first-order valence-electron chi connectivity index (χ1n) is 8.82. The first-order valence-corrected chi connectivity index (χ1v) is 8.82. The third-order valence-electron chi connectivity index (χ3n) is 4.35. The summed E-state index contributed by atoms with van der Waals surface area (Å²) < 4.78 is 13.3. The summed E-state index contributed by atoms with van der Waals surface area (Å²) in [4.78, 5) is 31.6. The Morgan fingerprint density at radius 2 is 1.85 bits per heavy atom. The van der Waals surface area contributed by atoms with E-state index in [0.29, 0.717) is 43.8 Å². The number of aromatic amines is 1. The Bertz CT molecular complexity index is 817. The van der Waals surface area contributed by atoms with Gasteiger partial charge < -0.3 is 15.2 Å². The predicted molar refractivity (Wildman–Crippen MR) is 98.5 cm³/mol. The van der Waals surface area contributed by atoms with E-state index in [-0.39, 0.29) is 23.2 Å². The van der Waals surface area contributed by atoms with Crippen molar-refractivity contribution in [2.24, 2.45) is 0 Å². The number of piperazine rings is 1. The standard InChI is InChI=1S/C19H25FN4O2/c1-19(2,3)22-17(25)12-23-6-8-24(9-7-23)18(26)16-11-13-10-14(20)4-5-15(13)21-16/h4-5,10-11,21H,6-9,12H2,1-3H3,(H,22,25). The summed E-state index contributed by atoms with van der Waals surface area (Å²) >= 11 is 0. The maximum atomic E-state index is 13.3. The fourth-order valence-corrected chi connectivity index (χ4v) is 3.16. The smallest absolute Gasteiger partial charge is 0.270 e. The van der Waals surface area contributed by atoms with Crippen molar-refractivity contribution in [1.29, 1.82) is 0 Å². The molecule has 0 saturated carbocycles. The van der Waals surface area contributed by atoms with Crippen molar-refractivity contribution >= 4 is 22.7 Å². The van der Waals surface area contributed by atoms with Crippen molar-refractivity contribution < 1.29 is 14.0 Å². The van der Waals surface area contributed by atoms with E-state index in [9.17, 15) is 14.0 Å². The number of carbonyl (C=O) groups excluding carboxylic acids is 2. The Hall–Kier alpha value is -2.41. The molecule has 2 N–H and O–H groups in total. The Morgan fingerprint density at radius 3 is 2.50 bits per heavy atom. The molecule has 0 atom stereocenters. The highest BCUT2D eigenvalue weighted by molar-refractivity contribution is 5.98. The quantitative estimate of drug-likeness (QED) is 0.879. The molecule has 0 spiro atoms. The lowest BCUT2D eigenvalue weighted by atomic mass is 10.1. The van der Waals surface area contributed by atoms with Gasteiger partial charge in [-0.3, -0.25) is 14.5 Å². The van der Waals surface area contributed by atoms with Gasteiger partial charge in [-0.1, -0.05) is 0 Å². The average Bonchev–Trinajstić information content (AvgIpc) is 2.96. The van der Waals surface area contributed by atoms with Crippen molar-refractivity contribution in [3.8, 4) is 0 Å². The molecule has 1 aliphatic heterocycles. The van der Waals surface area contributed by atoms with Crippen LogP contribution in [0.15, 0.2) is 24.3 Å². The minimum atomic E-state index is -0.322. The zero-order chi connectivity index (χ0) is 18.9. The number of aromatic nitrogens is 1. The first-order chi connectivity index (χ1) is 12.2. The number of fused-ring (bicyclic) bond motifs is 1. The molecule has 0 unspecified atom stereocenters. The second-order valence-corrected chi connectivity index (χ2v) is 7.78. The third kappa shape index (κ3) is 4.40. The summed E-state index contributed by atoms with van der Waals surface area (Å²) in [6.45, 7) is 8.62. The van der Waals surface area contributed by atoms with Gasteiger partial charge in [0.2, 0.25) is 5.91 Å². The molecule has 3 rings (SSSR count). The van der Waals surface area contributed by atoms with Crippen LogP contribution in [0.4, 0.5) is 4.39 Å². The molecule has 0 aliphatic carbocycles. The molecule has 7 heteroatoms. The van der Waals surface area contributed by atoms with E-state index in [1.165, 1.54) is 12.1 Å². The number of hydrogen-bond donors (Lipinski definition) is 2. The second-order valence-electron chi connectivity index (χ2n) is 7.78. The lowest BCUT2D eigenvalue weighted by Crippen LogP contribution is -2.52. The second kappa shape index (κ2) is 7.07. The monoisotopic (exact) mass is 360 g/mol. The van der Waals surface area contributed by atoms with Gasteiger partial charge in [0.05, 0.1) is 6.54 Å². The zero-order valence-corrected chi connectivity index (χ0v) is 15.4. The van der Waals surface area contributed by atoms with E-state index in [1.807, 2.05) is 25.7 Å². The van der Waals surface area contributed by atoms with Gasteiger partial charge in [0.15, 0.2) is 0 Å². The predicted octanol–water partition coefficient (Wildman–Crippen LogP) is 1.98. The molecule has 1 aromatic heterocycles. The molecule has 1 fully saturated rings. The maximum absolute atomic E-state index is 13.3. The summed E-state index contributed by atoms with van der Waals surface area (Å²) in [6, 6.07) is 6.10. The fourth-order valence-electron chi connectivity index (χ4n) is 3.16. The number of halogens is 1. The van der Waals surface area contributed by atoms with Gasteiger partial charge in [0.1, 0.15) is 11.5 Å². The van der Waals surface area contributed by atoms with Crippen molar-refractivity contribution in [2.75, 3.05) is 32.7 Å². The van der Waals surface area contributed by atoms with Crippen molar-refractivity contribution in [2.45, 2.75) is 26.3 Å². The summed E-state index contributed by atoms with van der Waals surface area (Å²) in [6.07, 6.45) is 0. The average molecular weight is 360 g/mol. The van der Waals surface area contributed by atoms with E-state index in [2.05, 4.69) is 10.3 Å². The molecule has 2 amide bonds. The number of rotatable bonds is 3. The van der Waals surface area contributed by atoms with Crippen LogP contribution >= 0.6 is 0 Å². The molecule has 140 valence electrons. The van der Waals surface area contributed by atoms with Gasteiger partial charge in [-0.05, 0) is 45.0 Å². The molecular formula is C19H25FN4O2. The molecule has 0 radical (unpaired) electrons. The Balaban J connectivity index is 1.57. The molecule has 1 aromatic carbocycles. The van der Waals surface area contributed by atoms with Gasteiger partial charge in [0, 0.05) is 42.6 Å². The molecule has 0 bridgehead atoms. The van der Waals surface area contributed by atoms with Crippen LogP contribution in [0.2, 0.25) is 0 Å². The highest BCUT2D eigenvalue weighted by atomic mass is 19.1. The van der Waals surface area contributed by atoms with Crippen LogP contribution in [0.25, 0.3) is 10.9 Å². The zero-order valence-electron chi connectivity index (χ0n) is 15.4. The Kier molecular flexibility index (Phi) is 5.00. The highest BCUT2D eigenvalue weighted by Gasteiger charge is 2.25. The molecule has 1 aliphatic rings. The lowest BCUT2D eigenvalue weighted by molar-refractivity contribution is -0.124. The molecular weight excluding hydrogens is 335 g/mol. The number of H-pyrrole nitrogens is 1. The number of amides is 2. The van der Waals surface area contributed by atoms with Crippen LogP contribution < -0.4 is 5.32 Å². The summed E-state index contributed by atoms with van der Waals surface area (Å²) in [5.41, 5.74) is 0.959. The van der Waals surface area contributed by atoms with Crippen molar-refractivity contribution in [3.63, 3.8) is 0 Å². The van der Waals surface area contributed by atoms with Gasteiger partial charge in [0.25, 0.3) is 5.91 Å². The van der Waals surface area contributed by atoms with E-state index in [4.69, 9.17) is 0 Å². The van der Waals surface area contributed by atoms with Gasteiger partial charge in [-0.15, -0.1) is 0 Å². The van der Waals surface area contributed by atoms with E-state index < -0.39 is 0 Å². The number of benzene rings is 1. The highest BCUT2D eigenvalue weighted by Crippen LogP contribution is 2.18. The normalized spacial score (nSPS) is 16.1. The Labute approximate surface area is 152 Å². The van der Waals surface area contributed by atoms with Crippen LogP contribution in [0.5, 0.6) is 0 Å². The van der Waals surface area contributed by atoms with E-state index in [0.717, 1.165) is 5.52 Å². The van der Waals surface area contributed by atoms with Crippen LogP contribution in [-0.2, 0) is 4.79 Å². The number of hydrogen-bond acceptors (Lipinski definition) is 3. The van der Waals surface area contributed by atoms with Crippen LogP contribution in [0.3, 0.4) is 0 Å². The summed E-state index contributed by atoms with van der Waals surface area (Å²) in [5.74, 6) is -0.423.